The van der Waals surface area contributed by atoms with Gasteiger partial charge in [0.05, 0.1) is 11.1 Å². The summed E-state index contributed by atoms with van der Waals surface area (Å²) in [5.41, 5.74) is -1.48. The number of halogens is 3. The largest absolute Gasteiger partial charge is 0.444 e. The molecule has 0 bridgehead atoms. The van der Waals surface area contributed by atoms with E-state index in [1.54, 1.807) is 20.8 Å². The van der Waals surface area contributed by atoms with Crippen LogP contribution in [0.2, 0.25) is 0 Å². The van der Waals surface area contributed by atoms with Gasteiger partial charge in [-0.3, -0.25) is 9.59 Å². The number of ether oxygens (including phenoxy) is 1. The minimum atomic E-state index is -4.65. The molecule has 172 valence electrons. The zero-order valence-electron chi connectivity index (χ0n) is 17.8. The molecule has 0 aromatic heterocycles. The molecule has 0 radical (unpaired) electrons. The van der Waals surface area contributed by atoms with Crippen molar-refractivity contribution in [3.63, 3.8) is 0 Å². The van der Waals surface area contributed by atoms with E-state index in [4.69, 9.17) is 4.74 Å². The topological polar surface area (TPSA) is 96.5 Å². The molecule has 0 unspecified atom stereocenters. The maximum Gasteiger partial charge on any atom is 0.417 e. The standard InChI is InChI=1S/C22H24F3N3O4/c1-21(2,3)32-20(31)26-13-12-18(29)27-14-8-10-15(11-9-14)28-19(30)16-6-4-5-7-17(16)22(23,24)25/h4-11H,12-13H2,1-3H3,(H,26,31)(H,27,29)(H,28,30). The van der Waals surface area contributed by atoms with Gasteiger partial charge in [0.25, 0.3) is 5.91 Å². The van der Waals surface area contributed by atoms with Gasteiger partial charge in [-0.25, -0.2) is 4.79 Å². The van der Waals surface area contributed by atoms with Crippen molar-refractivity contribution in [3.8, 4) is 0 Å². The molecule has 0 fully saturated rings. The third-order valence-electron chi connectivity index (χ3n) is 3.92. The summed E-state index contributed by atoms with van der Waals surface area (Å²) in [7, 11) is 0. The first-order chi connectivity index (χ1) is 14.8. The number of nitrogens with one attached hydrogen (secondary N) is 3. The average molecular weight is 451 g/mol. The van der Waals surface area contributed by atoms with Gasteiger partial charge in [0, 0.05) is 24.3 Å². The van der Waals surface area contributed by atoms with Crippen LogP contribution in [0.3, 0.4) is 0 Å². The van der Waals surface area contributed by atoms with Crippen molar-refractivity contribution in [1.82, 2.24) is 5.32 Å². The van der Waals surface area contributed by atoms with Crippen LogP contribution < -0.4 is 16.0 Å². The Balaban J connectivity index is 1.88. The first-order valence-electron chi connectivity index (χ1n) is 9.69. The van der Waals surface area contributed by atoms with Gasteiger partial charge in [-0.2, -0.15) is 13.2 Å². The van der Waals surface area contributed by atoms with Gasteiger partial charge in [0.15, 0.2) is 0 Å². The monoisotopic (exact) mass is 451 g/mol. The average Bonchev–Trinajstić information content (AvgIpc) is 2.67. The third-order valence-corrected chi connectivity index (χ3v) is 3.92. The Morgan fingerprint density at radius 1 is 0.875 bits per heavy atom. The van der Waals surface area contributed by atoms with Crippen LogP contribution >= 0.6 is 0 Å². The SMILES string of the molecule is CC(C)(C)OC(=O)NCCC(=O)Nc1ccc(NC(=O)c2ccccc2C(F)(F)F)cc1. The van der Waals surface area contributed by atoms with Gasteiger partial charge in [-0.05, 0) is 57.2 Å². The van der Waals surface area contributed by atoms with E-state index in [9.17, 15) is 27.6 Å². The zero-order valence-corrected chi connectivity index (χ0v) is 17.8. The predicted molar refractivity (Wildman–Crippen MR) is 113 cm³/mol. The Hall–Kier alpha value is -3.56. The van der Waals surface area contributed by atoms with Crippen LogP contribution in [-0.4, -0.2) is 30.1 Å². The summed E-state index contributed by atoms with van der Waals surface area (Å²) >= 11 is 0. The number of carbonyl (C=O) groups excluding carboxylic acids is 3. The Labute approximate surface area is 183 Å². The minimum Gasteiger partial charge on any atom is -0.444 e. The lowest BCUT2D eigenvalue weighted by atomic mass is 10.1. The van der Waals surface area contributed by atoms with Crippen molar-refractivity contribution >= 4 is 29.3 Å². The molecule has 32 heavy (non-hydrogen) atoms. The highest BCUT2D eigenvalue weighted by molar-refractivity contribution is 6.05. The number of alkyl carbamates (subject to hydrolysis) is 1. The van der Waals surface area contributed by atoms with E-state index in [0.717, 1.165) is 12.1 Å². The molecule has 10 heteroatoms. The first kappa shape index (κ1) is 24.7. The van der Waals surface area contributed by atoms with Crippen molar-refractivity contribution in [1.29, 1.82) is 0 Å². The Morgan fingerprint density at radius 2 is 1.44 bits per heavy atom. The number of amides is 3. The van der Waals surface area contributed by atoms with Crippen LogP contribution in [0.15, 0.2) is 48.5 Å². The molecule has 2 rings (SSSR count). The lowest BCUT2D eigenvalue weighted by molar-refractivity contribution is -0.137. The molecule has 0 heterocycles. The van der Waals surface area contributed by atoms with E-state index in [1.807, 2.05) is 0 Å². The quantitative estimate of drug-likeness (QED) is 0.587. The molecule has 7 nitrogen and oxygen atoms in total. The van der Waals surface area contributed by atoms with Crippen LogP contribution in [0.5, 0.6) is 0 Å². The lowest BCUT2D eigenvalue weighted by Crippen LogP contribution is -2.34. The summed E-state index contributed by atoms with van der Waals surface area (Å²) in [6.45, 7) is 5.24. The molecule has 3 amide bonds. The van der Waals surface area contributed by atoms with Gasteiger partial charge in [-0.15, -0.1) is 0 Å². The fraction of sp³-hybridized carbons (Fsp3) is 0.318. The van der Waals surface area contributed by atoms with Gasteiger partial charge < -0.3 is 20.7 Å². The second-order valence-corrected chi connectivity index (χ2v) is 7.80. The Bertz CT molecular complexity index is 968. The molecule has 0 atom stereocenters. The maximum absolute atomic E-state index is 13.1. The summed E-state index contributed by atoms with van der Waals surface area (Å²) in [6, 6.07) is 10.4. The van der Waals surface area contributed by atoms with E-state index in [-0.39, 0.29) is 24.6 Å². The van der Waals surface area contributed by atoms with Crippen molar-refractivity contribution in [2.75, 3.05) is 17.2 Å². The van der Waals surface area contributed by atoms with Crippen LogP contribution in [0, 0.1) is 0 Å². The van der Waals surface area contributed by atoms with Gasteiger partial charge in [-0.1, -0.05) is 12.1 Å². The molecular formula is C22H24F3N3O4. The fourth-order valence-electron chi connectivity index (χ4n) is 2.58. The maximum atomic E-state index is 13.1. The number of rotatable bonds is 6. The molecule has 3 N–H and O–H groups in total. The molecule has 0 spiro atoms. The third kappa shape index (κ3) is 7.93. The predicted octanol–water partition coefficient (Wildman–Crippen LogP) is 4.81. The highest BCUT2D eigenvalue weighted by Gasteiger charge is 2.34. The van der Waals surface area contributed by atoms with Gasteiger partial charge >= 0.3 is 12.3 Å². The van der Waals surface area contributed by atoms with Crippen LogP contribution in [-0.2, 0) is 15.7 Å². The molecule has 0 aliphatic rings. The van der Waals surface area contributed by atoms with Crippen molar-refractivity contribution < 1.29 is 32.3 Å². The van der Waals surface area contributed by atoms with Crippen LogP contribution in [0.4, 0.5) is 29.3 Å². The highest BCUT2D eigenvalue weighted by atomic mass is 19.4. The number of benzene rings is 2. The molecule has 0 aliphatic heterocycles. The Morgan fingerprint density at radius 3 is 2.00 bits per heavy atom. The van der Waals surface area contributed by atoms with E-state index in [0.29, 0.717) is 5.69 Å². The van der Waals surface area contributed by atoms with E-state index in [1.165, 1.54) is 36.4 Å². The molecule has 2 aromatic rings. The number of anilines is 2. The summed E-state index contributed by atoms with van der Waals surface area (Å²) in [6.07, 6.45) is -5.27. The highest BCUT2D eigenvalue weighted by Crippen LogP contribution is 2.32. The minimum absolute atomic E-state index is 0.00591. The number of hydrogen-bond donors (Lipinski definition) is 3. The second kappa shape index (κ2) is 10.2. The smallest absolute Gasteiger partial charge is 0.417 e. The molecule has 0 saturated carbocycles. The van der Waals surface area contributed by atoms with Crippen molar-refractivity contribution in [3.05, 3.63) is 59.7 Å². The lowest BCUT2D eigenvalue weighted by Gasteiger charge is -2.19. The summed E-state index contributed by atoms with van der Waals surface area (Å²) in [4.78, 5) is 35.8. The molecular weight excluding hydrogens is 427 g/mol. The second-order valence-electron chi connectivity index (χ2n) is 7.80. The van der Waals surface area contributed by atoms with Crippen LogP contribution in [0.1, 0.15) is 43.1 Å². The summed E-state index contributed by atoms with van der Waals surface area (Å²) < 4.78 is 44.3. The van der Waals surface area contributed by atoms with E-state index >= 15 is 0 Å². The van der Waals surface area contributed by atoms with Crippen LogP contribution in [0.25, 0.3) is 0 Å². The van der Waals surface area contributed by atoms with Gasteiger partial charge in [0.1, 0.15) is 5.60 Å². The number of carbonyl (C=O) groups is 3. The summed E-state index contributed by atoms with van der Waals surface area (Å²) in [5, 5.41) is 7.48. The normalized spacial score (nSPS) is 11.4. The fourth-order valence-corrected chi connectivity index (χ4v) is 2.58. The van der Waals surface area contributed by atoms with E-state index < -0.39 is 34.9 Å². The number of alkyl halides is 3. The van der Waals surface area contributed by atoms with Gasteiger partial charge in [0.2, 0.25) is 5.91 Å². The Kier molecular flexibility index (Phi) is 7.85. The zero-order chi connectivity index (χ0) is 23.9. The van der Waals surface area contributed by atoms with E-state index in [2.05, 4.69) is 16.0 Å². The first-order valence-corrected chi connectivity index (χ1v) is 9.69. The molecule has 2 aromatic carbocycles. The summed E-state index contributed by atoms with van der Waals surface area (Å²) in [5.74, 6) is -1.26. The molecule has 0 aliphatic carbocycles. The molecule has 0 saturated heterocycles. The number of hydrogen-bond acceptors (Lipinski definition) is 4. The van der Waals surface area contributed by atoms with Crippen molar-refractivity contribution in [2.24, 2.45) is 0 Å². The van der Waals surface area contributed by atoms with Crippen molar-refractivity contribution in [2.45, 2.75) is 39.0 Å².